The Balaban J connectivity index is 4.75. The van der Waals surface area contributed by atoms with Gasteiger partial charge in [-0.25, -0.2) is 0 Å². The second kappa shape index (κ2) is 2.85. The smallest absolute Gasteiger partial charge is 0.377 e. The van der Waals surface area contributed by atoms with E-state index in [2.05, 4.69) is 6.58 Å². The fraction of sp³-hybridized carbons (Fsp3) is 0.714. The van der Waals surface area contributed by atoms with Gasteiger partial charge in [-0.15, -0.1) is 0 Å². The first-order chi connectivity index (χ1) is 4.75. The number of halogens is 3. The maximum Gasteiger partial charge on any atom is 0.421 e. The Morgan fingerprint density at radius 1 is 1.36 bits per heavy atom. The summed E-state index contributed by atoms with van der Waals surface area (Å²) in [4.78, 5) is 0. The number of aliphatic hydroxyl groups is 1. The van der Waals surface area contributed by atoms with Crippen LogP contribution in [0.25, 0.3) is 0 Å². The monoisotopic (exact) mass is 168 g/mol. The van der Waals surface area contributed by atoms with Crippen LogP contribution >= 0.6 is 0 Å². The lowest BCUT2D eigenvalue weighted by Gasteiger charge is -2.30. The van der Waals surface area contributed by atoms with Gasteiger partial charge in [0.2, 0.25) is 0 Å². The summed E-state index contributed by atoms with van der Waals surface area (Å²) in [6.45, 7) is 5.52. The summed E-state index contributed by atoms with van der Waals surface area (Å²) in [5, 5.41) is 8.99. The summed E-state index contributed by atoms with van der Waals surface area (Å²) in [6, 6.07) is 0. The lowest BCUT2D eigenvalue weighted by molar-refractivity contribution is -0.254. The predicted molar refractivity (Wildman–Crippen MR) is 36.0 cm³/mol. The Bertz CT molecular complexity index is 150. The fourth-order valence-corrected chi connectivity index (χ4v) is 0.679. The fourth-order valence-electron chi connectivity index (χ4n) is 0.679. The van der Waals surface area contributed by atoms with Gasteiger partial charge in [-0.05, 0) is 5.92 Å². The van der Waals surface area contributed by atoms with E-state index in [4.69, 9.17) is 5.11 Å². The minimum absolute atomic E-state index is 0.525. The number of alkyl halides is 3. The van der Waals surface area contributed by atoms with E-state index in [-0.39, 0.29) is 0 Å². The van der Waals surface area contributed by atoms with Crippen molar-refractivity contribution in [2.45, 2.75) is 25.6 Å². The predicted octanol–water partition coefficient (Wildman–Crippen LogP) is 2.12. The van der Waals surface area contributed by atoms with Crippen LogP contribution in [0.3, 0.4) is 0 Å². The van der Waals surface area contributed by atoms with Gasteiger partial charge in [0.05, 0.1) is 0 Å². The molecule has 0 fully saturated rings. The molecule has 0 aliphatic heterocycles. The molecule has 0 aliphatic carbocycles. The van der Waals surface area contributed by atoms with Gasteiger partial charge in [-0.2, -0.15) is 13.2 Å². The van der Waals surface area contributed by atoms with Gasteiger partial charge in [-0.1, -0.05) is 26.5 Å². The third-order valence-electron chi connectivity index (χ3n) is 1.65. The molecule has 11 heavy (non-hydrogen) atoms. The first kappa shape index (κ1) is 10.5. The van der Waals surface area contributed by atoms with Crippen LogP contribution in [0.2, 0.25) is 0 Å². The number of rotatable bonds is 2. The third-order valence-corrected chi connectivity index (χ3v) is 1.65. The van der Waals surface area contributed by atoms with Crippen molar-refractivity contribution in [1.82, 2.24) is 0 Å². The van der Waals surface area contributed by atoms with Crippen molar-refractivity contribution in [1.29, 1.82) is 0 Å². The summed E-state index contributed by atoms with van der Waals surface area (Å²) in [5.41, 5.74) is -2.76. The number of hydrogen-bond donors (Lipinski definition) is 1. The minimum atomic E-state index is -4.64. The van der Waals surface area contributed by atoms with Crippen LogP contribution in [-0.4, -0.2) is 16.9 Å². The van der Waals surface area contributed by atoms with E-state index < -0.39 is 17.7 Å². The zero-order valence-electron chi connectivity index (χ0n) is 6.44. The van der Waals surface area contributed by atoms with Crippen molar-refractivity contribution in [3.05, 3.63) is 12.7 Å². The van der Waals surface area contributed by atoms with E-state index in [1.54, 1.807) is 0 Å². The number of hydrogen-bond acceptors (Lipinski definition) is 1. The molecule has 0 radical (unpaired) electrons. The van der Waals surface area contributed by atoms with Crippen LogP contribution < -0.4 is 0 Å². The molecule has 0 amide bonds. The molecule has 0 saturated carbocycles. The summed E-state index contributed by atoms with van der Waals surface area (Å²) >= 11 is 0. The molecule has 1 N–H and O–H groups in total. The lowest BCUT2D eigenvalue weighted by Crippen LogP contribution is -2.47. The van der Waals surface area contributed by atoms with Gasteiger partial charge in [0.15, 0.2) is 5.60 Å². The van der Waals surface area contributed by atoms with Gasteiger partial charge < -0.3 is 5.11 Å². The maximum atomic E-state index is 12.0. The van der Waals surface area contributed by atoms with Crippen LogP contribution in [0.4, 0.5) is 13.2 Å². The van der Waals surface area contributed by atoms with Crippen molar-refractivity contribution in [2.24, 2.45) is 5.92 Å². The van der Waals surface area contributed by atoms with Crippen LogP contribution in [0.5, 0.6) is 0 Å². The second-order valence-electron chi connectivity index (χ2n) is 2.68. The van der Waals surface area contributed by atoms with Crippen molar-refractivity contribution >= 4 is 0 Å². The van der Waals surface area contributed by atoms with Gasteiger partial charge >= 0.3 is 6.18 Å². The molecule has 66 valence electrons. The van der Waals surface area contributed by atoms with Crippen LogP contribution in [0.1, 0.15) is 13.8 Å². The summed E-state index contributed by atoms with van der Waals surface area (Å²) < 4.78 is 36.1. The molecule has 0 rings (SSSR count). The SMILES string of the molecule is C=CC(O)(C(C)C)C(F)(F)F. The molecule has 1 nitrogen and oxygen atoms in total. The average Bonchev–Trinajstić information content (AvgIpc) is 1.83. The molecule has 0 aromatic rings. The van der Waals surface area contributed by atoms with E-state index in [0.29, 0.717) is 6.08 Å². The molecule has 0 aliphatic rings. The molecule has 1 unspecified atom stereocenters. The molecule has 0 bridgehead atoms. The Kier molecular flexibility index (Phi) is 2.72. The van der Waals surface area contributed by atoms with Crippen molar-refractivity contribution < 1.29 is 18.3 Å². The highest BCUT2D eigenvalue weighted by Crippen LogP contribution is 2.36. The summed E-state index contributed by atoms with van der Waals surface area (Å²) in [5.74, 6) is -0.917. The largest absolute Gasteiger partial charge is 0.421 e. The normalized spacial score (nSPS) is 18.1. The van der Waals surface area contributed by atoms with Gasteiger partial charge in [0.1, 0.15) is 0 Å². The molecule has 0 heterocycles. The average molecular weight is 168 g/mol. The van der Waals surface area contributed by atoms with E-state index in [1.165, 1.54) is 13.8 Å². The maximum absolute atomic E-state index is 12.0. The molecule has 0 spiro atoms. The standard InChI is InChI=1S/C7H11F3O/c1-4-6(11,5(2)3)7(8,9)10/h4-5,11H,1H2,2-3H3. The van der Waals surface area contributed by atoms with E-state index in [0.717, 1.165) is 0 Å². The molecule has 0 saturated heterocycles. The quantitative estimate of drug-likeness (QED) is 0.626. The molecular formula is C7H11F3O. The topological polar surface area (TPSA) is 20.2 Å². The van der Waals surface area contributed by atoms with E-state index >= 15 is 0 Å². The lowest BCUT2D eigenvalue weighted by atomic mass is 9.90. The first-order valence-electron chi connectivity index (χ1n) is 3.18. The van der Waals surface area contributed by atoms with Crippen molar-refractivity contribution in [3.63, 3.8) is 0 Å². The van der Waals surface area contributed by atoms with Crippen molar-refractivity contribution in [3.8, 4) is 0 Å². The highest BCUT2D eigenvalue weighted by molar-refractivity contribution is 5.03. The Hall–Kier alpha value is -0.510. The van der Waals surface area contributed by atoms with E-state index in [1.807, 2.05) is 0 Å². The van der Waals surface area contributed by atoms with Crippen LogP contribution in [0.15, 0.2) is 12.7 Å². The Morgan fingerprint density at radius 2 is 1.73 bits per heavy atom. The van der Waals surface area contributed by atoms with Crippen molar-refractivity contribution in [2.75, 3.05) is 0 Å². The first-order valence-corrected chi connectivity index (χ1v) is 3.18. The van der Waals surface area contributed by atoms with Gasteiger partial charge in [-0.3, -0.25) is 0 Å². The van der Waals surface area contributed by atoms with Crippen LogP contribution in [0, 0.1) is 5.92 Å². The van der Waals surface area contributed by atoms with Gasteiger partial charge in [0.25, 0.3) is 0 Å². The summed E-state index contributed by atoms with van der Waals surface area (Å²) in [6.07, 6.45) is -4.11. The molecule has 4 heteroatoms. The zero-order chi connectivity index (χ0) is 9.28. The minimum Gasteiger partial charge on any atom is -0.377 e. The Morgan fingerprint density at radius 3 is 1.73 bits per heavy atom. The molecular weight excluding hydrogens is 157 g/mol. The molecule has 0 aromatic heterocycles. The summed E-state index contributed by atoms with van der Waals surface area (Å²) in [7, 11) is 0. The van der Waals surface area contributed by atoms with E-state index in [9.17, 15) is 13.2 Å². The van der Waals surface area contributed by atoms with Gasteiger partial charge in [0, 0.05) is 0 Å². The second-order valence-corrected chi connectivity index (χ2v) is 2.68. The molecule has 0 aromatic carbocycles. The van der Waals surface area contributed by atoms with Crippen LogP contribution in [-0.2, 0) is 0 Å². The molecule has 1 atom stereocenters. The zero-order valence-corrected chi connectivity index (χ0v) is 6.44. The highest BCUT2D eigenvalue weighted by Gasteiger charge is 2.53. The highest BCUT2D eigenvalue weighted by atomic mass is 19.4. The third kappa shape index (κ3) is 1.74. The Labute approximate surface area is 63.5 Å².